The maximum absolute atomic E-state index is 12.5. The molecule has 8 heteroatoms. The van der Waals surface area contributed by atoms with Crippen LogP contribution >= 0.6 is 12.4 Å². The Morgan fingerprint density at radius 1 is 1.03 bits per heavy atom. The Morgan fingerprint density at radius 3 is 2.27 bits per heavy atom. The molecule has 0 aliphatic rings. The molecule has 0 fully saturated rings. The summed E-state index contributed by atoms with van der Waals surface area (Å²) in [5.74, 6) is 1.08. The van der Waals surface area contributed by atoms with E-state index in [9.17, 15) is 9.59 Å². The van der Waals surface area contributed by atoms with E-state index in [0.29, 0.717) is 18.0 Å². The number of urea groups is 1. The van der Waals surface area contributed by atoms with Gasteiger partial charge in [0.2, 0.25) is 5.91 Å². The zero-order valence-corrected chi connectivity index (χ0v) is 18.2. The maximum Gasteiger partial charge on any atom is 0.312 e. The Morgan fingerprint density at radius 2 is 1.67 bits per heavy atom. The third-order valence-electron chi connectivity index (χ3n) is 4.99. The Kier molecular flexibility index (Phi) is 10.1. The summed E-state index contributed by atoms with van der Waals surface area (Å²) < 4.78 is 5.84. The minimum atomic E-state index is -0.701. The fourth-order valence-electron chi connectivity index (χ4n) is 2.88. The normalized spacial score (nSPS) is 11.7. The fraction of sp³-hybridized carbons (Fsp3) is 0.364. The molecule has 2 aromatic rings. The summed E-state index contributed by atoms with van der Waals surface area (Å²) in [5.41, 5.74) is 11.8. The van der Waals surface area contributed by atoms with Gasteiger partial charge < -0.3 is 26.8 Å². The molecule has 30 heavy (non-hydrogen) atoms. The van der Waals surface area contributed by atoms with E-state index in [0.717, 1.165) is 18.4 Å². The number of para-hydroxylation sites is 1. The second kappa shape index (κ2) is 12.0. The average molecular weight is 435 g/mol. The first-order chi connectivity index (χ1) is 13.8. The summed E-state index contributed by atoms with van der Waals surface area (Å²) >= 11 is 0. The van der Waals surface area contributed by atoms with E-state index in [1.807, 2.05) is 56.3 Å². The third-order valence-corrected chi connectivity index (χ3v) is 4.99. The van der Waals surface area contributed by atoms with Gasteiger partial charge in [-0.3, -0.25) is 4.79 Å². The number of ether oxygens (including phenoxy) is 1. The van der Waals surface area contributed by atoms with Gasteiger partial charge in [0.15, 0.2) is 0 Å². The van der Waals surface area contributed by atoms with Gasteiger partial charge in [-0.05, 0) is 42.7 Å². The summed E-state index contributed by atoms with van der Waals surface area (Å²) in [6, 6.07) is 15.3. The van der Waals surface area contributed by atoms with Crippen molar-refractivity contribution in [2.75, 3.05) is 6.54 Å². The van der Waals surface area contributed by atoms with E-state index in [4.69, 9.17) is 16.2 Å². The zero-order valence-electron chi connectivity index (χ0n) is 17.4. The van der Waals surface area contributed by atoms with Crippen LogP contribution in [-0.4, -0.2) is 24.0 Å². The predicted molar refractivity (Wildman–Crippen MR) is 121 cm³/mol. The molecule has 0 radical (unpaired) electrons. The maximum atomic E-state index is 12.5. The molecule has 0 saturated carbocycles. The van der Waals surface area contributed by atoms with E-state index in [1.54, 1.807) is 12.1 Å². The van der Waals surface area contributed by atoms with Crippen LogP contribution in [0.1, 0.15) is 44.7 Å². The molecule has 0 bridgehead atoms. The number of carbonyl (C=O) groups excluding carboxylic acids is 2. The van der Waals surface area contributed by atoms with Crippen molar-refractivity contribution >= 4 is 24.3 Å². The SMILES string of the molecule is CCC(N)(CC)CNC(=O)CC(NC(N)=O)c1cccc(Oc2ccccc2)c1.Cl. The van der Waals surface area contributed by atoms with Gasteiger partial charge >= 0.3 is 6.03 Å². The number of primary amides is 1. The number of benzene rings is 2. The van der Waals surface area contributed by atoms with Gasteiger partial charge in [0.1, 0.15) is 11.5 Å². The number of nitrogens with one attached hydrogen (secondary N) is 2. The zero-order chi connectivity index (χ0) is 21.3. The smallest absolute Gasteiger partial charge is 0.312 e. The molecule has 3 amide bonds. The van der Waals surface area contributed by atoms with Crippen LogP contribution in [0.5, 0.6) is 11.5 Å². The first-order valence-electron chi connectivity index (χ1n) is 9.79. The average Bonchev–Trinajstić information content (AvgIpc) is 2.72. The minimum absolute atomic E-state index is 0. The van der Waals surface area contributed by atoms with Crippen LogP contribution in [0.2, 0.25) is 0 Å². The second-order valence-electron chi connectivity index (χ2n) is 7.10. The number of rotatable bonds is 10. The van der Waals surface area contributed by atoms with Crippen molar-refractivity contribution in [1.29, 1.82) is 0 Å². The van der Waals surface area contributed by atoms with Crippen molar-refractivity contribution in [3.63, 3.8) is 0 Å². The quantitative estimate of drug-likeness (QED) is 0.456. The predicted octanol–water partition coefficient (Wildman–Crippen LogP) is 3.63. The van der Waals surface area contributed by atoms with Crippen LogP contribution in [0.4, 0.5) is 4.79 Å². The van der Waals surface area contributed by atoms with Crippen LogP contribution in [-0.2, 0) is 4.79 Å². The molecule has 0 aliphatic heterocycles. The van der Waals surface area contributed by atoms with Crippen LogP contribution in [0.15, 0.2) is 54.6 Å². The molecular formula is C22H31ClN4O3. The van der Waals surface area contributed by atoms with E-state index >= 15 is 0 Å². The van der Waals surface area contributed by atoms with E-state index in [1.165, 1.54) is 0 Å². The largest absolute Gasteiger partial charge is 0.457 e. The highest BCUT2D eigenvalue weighted by molar-refractivity contribution is 5.85. The first-order valence-corrected chi connectivity index (χ1v) is 9.79. The molecule has 0 aromatic heterocycles. The lowest BCUT2D eigenvalue weighted by atomic mass is 9.94. The number of nitrogens with two attached hydrogens (primary N) is 2. The first kappa shape index (κ1) is 25.3. The molecule has 0 heterocycles. The molecule has 164 valence electrons. The van der Waals surface area contributed by atoms with Crippen molar-refractivity contribution in [3.05, 3.63) is 60.2 Å². The number of hydrogen-bond acceptors (Lipinski definition) is 4. The highest BCUT2D eigenvalue weighted by Gasteiger charge is 2.23. The van der Waals surface area contributed by atoms with Gasteiger partial charge in [-0.2, -0.15) is 0 Å². The van der Waals surface area contributed by atoms with Gasteiger partial charge in [0.25, 0.3) is 0 Å². The highest BCUT2D eigenvalue weighted by atomic mass is 35.5. The molecule has 0 saturated heterocycles. The van der Waals surface area contributed by atoms with Crippen molar-refractivity contribution in [2.45, 2.75) is 44.7 Å². The Balaban J connectivity index is 0.00000450. The summed E-state index contributed by atoms with van der Waals surface area (Å²) in [7, 11) is 0. The molecule has 0 aliphatic carbocycles. The summed E-state index contributed by atoms with van der Waals surface area (Å²) in [6.45, 7) is 4.36. The van der Waals surface area contributed by atoms with E-state index in [-0.39, 0.29) is 24.7 Å². The standard InChI is InChI=1S/C22H30N4O3.ClH/c1-3-22(24,4-2)15-25-20(27)14-19(26-21(23)28)16-9-8-12-18(13-16)29-17-10-6-5-7-11-17;/h5-13,19H,3-4,14-15,24H2,1-2H3,(H,25,27)(H3,23,26,28);1H. The molecule has 1 atom stereocenters. The molecule has 1 unspecified atom stereocenters. The topological polar surface area (TPSA) is 119 Å². The lowest BCUT2D eigenvalue weighted by Crippen LogP contribution is -2.49. The Hall–Kier alpha value is -2.77. The van der Waals surface area contributed by atoms with Crippen LogP contribution in [0.3, 0.4) is 0 Å². The van der Waals surface area contributed by atoms with Crippen molar-refractivity contribution in [3.8, 4) is 11.5 Å². The molecule has 6 N–H and O–H groups in total. The summed E-state index contributed by atoms with van der Waals surface area (Å²) in [4.78, 5) is 24.0. The van der Waals surface area contributed by atoms with Gasteiger partial charge in [0.05, 0.1) is 12.5 Å². The second-order valence-corrected chi connectivity index (χ2v) is 7.10. The van der Waals surface area contributed by atoms with Crippen molar-refractivity contribution < 1.29 is 14.3 Å². The highest BCUT2D eigenvalue weighted by Crippen LogP contribution is 2.26. The molecular weight excluding hydrogens is 404 g/mol. The Bertz CT molecular complexity index is 813. The van der Waals surface area contributed by atoms with Gasteiger partial charge in [-0.1, -0.05) is 44.2 Å². The minimum Gasteiger partial charge on any atom is -0.457 e. The van der Waals surface area contributed by atoms with E-state index in [2.05, 4.69) is 10.6 Å². The molecule has 0 spiro atoms. The summed E-state index contributed by atoms with van der Waals surface area (Å²) in [6.07, 6.45) is 1.55. The van der Waals surface area contributed by atoms with Crippen molar-refractivity contribution in [2.24, 2.45) is 11.5 Å². The van der Waals surface area contributed by atoms with Gasteiger partial charge in [-0.15, -0.1) is 12.4 Å². The molecule has 7 nitrogen and oxygen atoms in total. The van der Waals surface area contributed by atoms with Gasteiger partial charge in [0, 0.05) is 12.1 Å². The number of halogens is 1. The van der Waals surface area contributed by atoms with Crippen molar-refractivity contribution in [1.82, 2.24) is 10.6 Å². The molecule has 2 rings (SSSR count). The van der Waals surface area contributed by atoms with Crippen LogP contribution in [0, 0.1) is 0 Å². The molecule has 2 aromatic carbocycles. The van der Waals surface area contributed by atoms with E-state index < -0.39 is 17.6 Å². The lowest BCUT2D eigenvalue weighted by Gasteiger charge is -2.27. The monoisotopic (exact) mass is 434 g/mol. The van der Waals surface area contributed by atoms with Gasteiger partial charge in [-0.25, -0.2) is 4.79 Å². The number of carbonyl (C=O) groups is 2. The third kappa shape index (κ3) is 7.93. The number of amides is 3. The van der Waals surface area contributed by atoms with Crippen LogP contribution < -0.4 is 26.8 Å². The Labute approximate surface area is 184 Å². The lowest BCUT2D eigenvalue weighted by molar-refractivity contribution is -0.121. The fourth-order valence-corrected chi connectivity index (χ4v) is 2.88. The van der Waals surface area contributed by atoms with Crippen LogP contribution in [0.25, 0.3) is 0 Å². The number of hydrogen-bond donors (Lipinski definition) is 4. The summed E-state index contributed by atoms with van der Waals surface area (Å²) in [5, 5.41) is 5.50.